The second kappa shape index (κ2) is 10.8. The van der Waals surface area contributed by atoms with E-state index in [0.717, 1.165) is 43.1 Å². The summed E-state index contributed by atoms with van der Waals surface area (Å²) in [4.78, 5) is 39.0. The fourth-order valence-corrected chi connectivity index (χ4v) is 4.67. The summed E-state index contributed by atoms with van der Waals surface area (Å²) in [6.07, 6.45) is 3.77. The van der Waals surface area contributed by atoms with E-state index in [2.05, 4.69) is 30.2 Å². The van der Waals surface area contributed by atoms with E-state index in [-0.39, 0.29) is 19.2 Å². The number of aryl methyl sites for hydroxylation is 2. The molecule has 1 aromatic carbocycles. The first-order valence-electron chi connectivity index (χ1n) is 11.5. The molecule has 0 unspecified atom stereocenters. The van der Waals surface area contributed by atoms with Crippen LogP contribution in [0.25, 0.3) is 32.0 Å². The summed E-state index contributed by atoms with van der Waals surface area (Å²) in [5.74, 6) is 0.866. The van der Waals surface area contributed by atoms with Crippen molar-refractivity contribution >= 4 is 44.5 Å². The molecule has 4 heterocycles. The number of methoxy groups -OCH3 is 2. The Labute approximate surface area is 221 Å². The Morgan fingerprint density at radius 2 is 1.71 bits per heavy atom. The molecule has 13 heteroatoms. The number of benzene rings is 1. The number of thiazole rings is 1. The average molecular weight is 534 g/mol. The van der Waals surface area contributed by atoms with Crippen LogP contribution >= 0.6 is 11.3 Å². The normalized spacial score (nSPS) is 10.9. The second-order valence-electron chi connectivity index (χ2n) is 8.11. The average Bonchev–Trinajstić information content (AvgIpc) is 3.35. The lowest BCUT2D eigenvalue weighted by molar-refractivity contribution is 0.136. The van der Waals surface area contributed by atoms with Crippen molar-refractivity contribution in [3.63, 3.8) is 0 Å². The van der Waals surface area contributed by atoms with Crippen LogP contribution in [0.2, 0.25) is 0 Å². The molecule has 0 spiro atoms. The molecular weight excluding hydrogens is 510 g/mol. The second-order valence-corrected chi connectivity index (χ2v) is 9.09. The van der Waals surface area contributed by atoms with E-state index in [1.807, 2.05) is 26.0 Å². The van der Waals surface area contributed by atoms with Gasteiger partial charge in [-0.3, -0.25) is 5.32 Å². The molecule has 0 radical (unpaired) electrons. The molecule has 194 valence electrons. The van der Waals surface area contributed by atoms with Crippen LogP contribution in [0.3, 0.4) is 0 Å². The van der Waals surface area contributed by atoms with Crippen molar-refractivity contribution in [1.82, 2.24) is 29.9 Å². The third-order valence-electron chi connectivity index (χ3n) is 5.37. The molecule has 12 nitrogen and oxygen atoms in total. The molecule has 0 saturated heterocycles. The van der Waals surface area contributed by atoms with Gasteiger partial charge in [-0.2, -0.15) is 0 Å². The molecule has 0 aliphatic carbocycles. The Bertz CT molecular complexity index is 1620. The van der Waals surface area contributed by atoms with E-state index in [0.29, 0.717) is 17.4 Å². The molecule has 5 aromatic rings. The molecule has 0 atom stereocenters. The van der Waals surface area contributed by atoms with Gasteiger partial charge in [0.25, 0.3) is 0 Å². The van der Waals surface area contributed by atoms with Crippen molar-refractivity contribution in [3.8, 4) is 28.3 Å². The summed E-state index contributed by atoms with van der Waals surface area (Å²) in [6, 6.07) is 6.00. The first kappa shape index (κ1) is 25.0. The van der Waals surface area contributed by atoms with Crippen LogP contribution in [0, 0.1) is 13.8 Å². The van der Waals surface area contributed by atoms with Crippen LogP contribution in [0.15, 0.2) is 36.8 Å². The highest BCUT2D eigenvalue weighted by molar-refractivity contribution is 7.21. The smallest absolute Gasteiger partial charge is 0.411 e. The van der Waals surface area contributed by atoms with Gasteiger partial charge in [0.05, 0.1) is 49.5 Å². The number of hydrogen-bond donors (Lipinski definition) is 1. The van der Waals surface area contributed by atoms with E-state index < -0.39 is 6.09 Å². The number of aromatic nitrogens is 6. The number of carbonyl (C=O) groups is 1. The molecule has 4 aromatic heterocycles. The number of nitrogens with one attached hydrogen (secondary N) is 1. The lowest BCUT2D eigenvalue weighted by Crippen LogP contribution is -2.18. The highest BCUT2D eigenvalue weighted by Gasteiger charge is 2.16. The van der Waals surface area contributed by atoms with Crippen LogP contribution in [0.5, 0.6) is 17.8 Å². The van der Waals surface area contributed by atoms with Crippen molar-refractivity contribution in [1.29, 1.82) is 0 Å². The number of amides is 1. The van der Waals surface area contributed by atoms with Gasteiger partial charge in [-0.05, 0) is 37.1 Å². The number of anilines is 1. The van der Waals surface area contributed by atoms with E-state index in [1.54, 1.807) is 19.4 Å². The number of rotatable bonds is 8. The van der Waals surface area contributed by atoms with Crippen LogP contribution in [0.4, 0.5) is 10.5 Å². The number of carbonyl (C=O) groups excluding carboxylic acids is 1. The topological polar surface area (TPSA) is 143 Å². The third-order valence-corrected chi connectivity index (χ3v) is 6.35. The predicted molar refractivity (Wildman–Crippen MR) is 141 cm³/mol. The summed E-state index contributed by atoms with van der Waals surface area (Å²) in [6.45, 7) is 4.09. The molecule has 0 aliphatic rings. The summed E-state index contributed by atoms with van der Waals surface area (Å²) >= 11 is 1.44. The zero-order chi connectivity index (χ0) is 26.6. The third kappa shape index (κ3) is 5.37. The Hall–Kier alpha value is -4.65. The minimum absolute atomic E-state index is 0.0208. The van der Waals surface area contributed by atoms with Gasteiger partial charge in [0.15, 0.2) is 0 Å². The highest BCUT2D eigenvalue weighted by atomic mass is 32.1. The maximum absolute atomic E-state index is 12.0. The van der Waals surface area contributed by atoms with E-state index in [9.17, 15) is 4.79 Å². The Kier molecular flexibility index (Phi) is 7.09. The van der Waals surface area contributed by atoms with Gasteiger partial charge in [0.1, 0.15) is 28.6 Å². The van der Waals surface area contributed by atoms with Gasteiger partial charge in [0.2, 0.25) is 11.8 Å². The maximum atomic E-state index is 12.0. The standard InChI is InChI=1S/C25H23N7O5S/c1-13-7-16(21-17(8-13)30-19(34-3)12-26-21)22-32-20-14(2)9-18(31-23(20)38-22)36-5-6-37-25(33)29-15-10-27-24(35-4)28-11-15/h7-12H,5-6H2,1-4H3,(H,29,33). The predicted octanol–water partition coefficient (Wildman–Crippen LogP) is 4.35. The van der Waals surface area contributed by atoms with Crippen LogP contribution < -0.4 is 19.5 Å². The molecule has 5 rings (SSSR count). The lowest BCUT2D eigenvalue weighted by atomic mass is 10.1. The van der Waals surface area contributed by atoms with Crippen molar-refractivity contribution < 1.29 is 23.7 Å². The fourth-order valence-electron chi connectivity index (χ4n) is 3.65. The summed E-state index contributed by atoms with van der Waals surface area (Å²) in [5, 5.41) is 3.31. The number of pyridine rings is 1. The molecule has 0 aliphatic heterocycles. The molecular formula is C25H23N7O5S. The lowest BCUT2D eigenvalue weighted by Gasteiger charge is -2.08. The molecule has 0 bridgehead atoms. The number of ether oxygens (including phenoxy) is 4. The minimum Gasteiger partial charge on any atom is -0.480 e. The molecule has 1 N–H and O–H groups in total. The van der Waals surface area contributed by atoms with Gasteiger partial charge in [-0.25, -0.2) is 34.7 Å². The van der Waals surface area contributed by atoms with Crippen LogP contribution in [0.1, 0.15) is 11.1 Å². The summed E-state index contributed by atoms with van der Waals surface area (Å²) < 4.78 is 21.0. The van der Waals surface area contributed by atoms with Crippen molar-refractivity contribution in [2.75, 3.05) is 32.8 Å². The summed E-state index contributed by atoms with van der Waals surface area (Å²) in [5.41, 5.74) is 5.46. The van der Waals surface area contributed by atoms with Gasteiger partial charge in [-0.1, -0.05) is 11.3 Å². The zero-order valence-electron chi connectivity index (χ0n) is 21.0. The molecule has 38 heavy (non-hydrogen) atoms. The van der Waals surface area contributed by atoms with Crippen molar-refractivity contribution in [2.45, 2.75) is 13.8 Å². The van der Waals surface area contributed by atoms with Crippen LogP contribution in [-0.4, -0.2) is 63.4 Å². The van der Waals surface area contributed by atoms with Crippen LogP contribution in [-0.2, 0) is 4.74 Å². The molecule has 0 fully saturated rings. The van der Waals surface area contributed by atoms with E-state index in [1.165, 1.54) is 30.8 Å². The van der Waals surface area contributed by atoms with E-state index in [4.69, 9.17) is 23.9 Å². The van der Waals surface area contributed by atoms with Gasteiger partial charge >= 0.3 is 12.1 Å². The zero-order valence-corrected chi connectivity index (χ0v) is 21.8. The van der Waals surface area contributed by atoms with E-state index >= 15 is 0 Å². The molecule has 1 amide bonds. The first-order chi connectivity index (χ1) is 18.4. The number of nitrogens with zero attached hydrogens (tertiary/aromatic N) is 6. The number of hydrogen-bond acceptors (Lipinski definition) is 12. The monoisotopic (exact) mass is 533 g/mol. The molecule has 0 saturated carbocycles. The number of fused-ring (bicyclic) bond motifs is 2. The van der Waals surface area contributed by atoms with Gasteiger partial charge in [0, 0.05) is 11.6 Å². The van der Waals surface area contributed by atoms with Crippen molar-refractivity contribution in [3.05, 3.63) is 47.9 Å². The maximum Gasteiger partial charge on any atom is 0.411 e. The van der Waals surface area contributed by atoms with Crippen molar-refractivity contribution in [2.24, 2.45) is 0 Å². The Balaban J connectivity index is 1.27. The fraction of sp³-hybridized carbons (Fsp3) is 0.240. The largest absolute Gasteiger partial charge is 0.480 e. The SMILES string of the molecule is COc1cnc2c(-c3nc4c(C)cc(OCCOC(=O)Nc5cnc(OC)nc5)nc4s3)cc(C)cc2n1. The quantitative estimate of drug-likeness (QED) is 0.284. The summed E-state index contributed by atoms with van der Waals surface area (Å²) in [7, 11) is 3.02. The van der Waals surface area contributed by atoms with Gasteiger partial charge in [-0.15, -0.1) is 0 Å². The van der Waals surface area contributed by atoms with Gasteiger partial charge < -0.3 is 18.9 Å². The first-order valence-corrected chi connectivity index (χ1v) is 12.3. The highest BCUT2D eigenvalue weighted by Crippen LogP contribution is 2.36. The Morgan fingerprint density at radius 1 is 0.895 bits per heavy atom. The minimum atomic E-state index is -0.653. The Morgan fingerprint density at radius 3 is 2.47 bits per heavy atom.